The first-order valence-corrected chi connectivity index (χ1v) is 7.35. The van der Waals surface area contributed by atoms with E-state index in [0.29, 0.717) is 19.4 Å². The van der Waals surface area contributed by atoms with Gasteiger partial charge in [0.2, 0.25) is 0 Å². The SMILES string of the molecule is O=C(NCCN1CCNCC1)N[C@H]1CC[C@@H](C(=O)O)C1. The summed E-state index contributed by atoms with van der Waals surface area (Å²) in [6.45, 7) is 5.53. The van der Waals surface area contributed by atoms with Gasteiger partial charge in [-0.1, -0.05) is 0 Å². The van der Waals surface area contributed by atoms with Crippen molar-refractivity contribution in [1.29, 1.82) is 0 Å². The lowest BCUT2D eigenvalue weighted by Crippen LogP contribution is -2.48. The highest BCUT2D eigenvalue weighted by Gasteiger charge is 2.30. The van der Waals surface area contributed by atoms with Crippen LogP contribution in [0.5, 0.6) is 0 Å². The molecule has 1 saturated heterocycles. The van der Waals surface area contributed by atoms with Crippen LogP contribution in [0.25, 0.3) is 0 Å². The molecule has 20 heavy (non-hydrogen) atoms. The van der Waals surface area contributed by atoms with E-state index < -0.39 is 5.97 Å². The van der Waals surface area contributed by atoms with Crippen molar-refractivity contribution in [3.05, 3.63) is 0 Å². The van der Waals surface area contributed by atoms with Crippen molar-refractivity contribution in [3.63, 3.8) is 0 Å². The number of hydrogen-bond donors (Lipinski definition) is 4. The van der Waals surface area contributed by atoms with Crippen molar-refractivity contribution in [1.82, 2.24) is 20.9 Å². The number of nitrogens with zero attached hydrogens (tertiary/aromatic N) is 1. The van der Waals surface area contributed by atoms with Crippen LogP contribution < -0.4 is 16.0 Å². The van der Waals surface area contributed by atoms with Crippen molar-refractivity contribution in [2.45, 2.75) is 25.3 Å². The normalized spacial score (nSPS) is 27.2. The Kier molecular flexibility index (Phi) is 5.60. The number of urea groups is 1. The monoisotopic (exact) mass is 284 g/mol. The Morgan fingerprint density at radius 2 is 2.00 bits per heavy atom. The van der Waals surface area contributed by atoms with Crippen molar-refractivity contribution < 1.29 is 14.7 Å². The molecule has 0 radical (unpaired) electrons. The van der Waals surface area contributed by atoms with Crippen molar-refractivity contribution in [3.8, 4) is 0 Å². The highest BCUT2D eigenvalue weighted by atomic mass is 16.4. The number of rotatable bonds is 5. The minimum Gasteiger partial charge on any atom is -0.481 e. The molecule has 1 heterocycles. The number of piperazine rings is 1. The van der Waals surface area contributed by atoms with Gasteiger partial charge in [0.25, 0.3) is 0 Å². The van der Waals surface area contributed by atoms with E-state index in [9.17, 15) is 9.59 Å². The molecule has 0 unspecified atom stereocenters. The first-order valence-electron chi connectivity index (χ1n) is 7.35. The van der Waals surface area contributed by atoms with E-state index >= 15 is 0 Å². The smallest absolute Gasteiger partial charge is 0.315 e. The molecule has 1 aliphatic heterocycles. The molecule has 2 fully saturated rings. The van der Waals surface area contributed by atoms with E-state index in [4.69, 9.17) is 5.11 Å². The summed E-state index contributed by atoms with van der Waals surface area (Å²) in [7, 11) is 0. The van der Waals surface area contributed by atoms with Gasteiger partial charge < -0.3 is 21.1 Å². The summed E-state index contributed by atoms with van der Waals surface area (Å²) in [5.41, 5.74) is 0. The number of aliphatic carboxylic acids is 1. The fourth-order valence-electron chi connectivity index (χ4n) is 2.84. The number of carboxylic acids is 1. The fraction of sp³-hybridized carbons (Fsp3) is 0.846. The number of nitrogens with one attached hydrogen (secondary N) is 3. The number of carbonyl (C=O) groups is 2. The molecule has 2 atom stereocenters. The van der Waals surface area contributed by atoms with Crippen LogP contribution in [-0.2, 0) is 4.79 Å². The maximum Gasteiger partial charge on any atom is 0.315 e. The summed E-state index contributed by atoms with van der Waals surface area (Å²) in [6, 6.07) is -0.188. The second-order valence-electron chi connectivity index (χ2n) is 5.54. The van der Waals surface area contributed by atoms with Crippen LogP contribution >= 0.6 is 0 Å². The maximum absolute atomic E-state index is 11.7. The highest BCUT2D eigenvalue weighted by molar-refractivity contribution is 5.75. The number of carboxylic acid groups (broad SMARTS) is 1. The van der Waals surface area contributed by atoms with Crippen LogP contribution in [0.1, 0.15) is 19.3 Å². The van der Waals surface area contributed by atoms with E-state index in [1.165, 1.54) is 0 Å². The Hall–Kier alpha value is -1.34. The molecule has 114 valence electrons. The van der Waals surface area contributed by atoms with E-state index in [-0.39, 0.29) is 18.0 Å². The molecule has 0 aromatic carbocycles. The van der Waals surface area contributed by atoms with E-state index in [2.05, 4.69) is 20.9 Å². The summed E-state index contributed by atoms with van der Waals surface area (Å²) in [5, 5.41) is 17.9. The lowest BCUT2D eigenvalue weighted by Gasteiger charge is -2.27. The number of hydrogen-bond acceptors (Lipinski definition) is 4. The zero-order valence-corrected chi connectivity index (χ0v) is 11.7. The Bertz CT molecular complexity index is 345. The predicted octanol–water partition coefficient (Wildman–Crippen LogP) is -0.556. The molecule has 0 spiro atoms. The standard InChI is InChI=1S/C13H24N4O3/c18-12(19)10-1-2-11(9-10)16-13(20)15-5-8-17-6-3-14-4-7-17/h10-11,14H,1-9H2,(H,18,19)(H2,15,16,20)/t10-,11+/m1/s1. The second-order valence-corrected chi connectivity index (χ2v) is 5.54. The molecule has 7 nitrogen and oxygen atoms in total. The number of amides is 2. The molecule has 2 rings (SSSR count). The first kappa shape index (κ1) is 15.1. The largest absolute Gasteiger partial charge is 0.481 e. The van der Waals surface area contributed by atoms with Crippen LogP contribution in [0.4, 0.5) is 4.79 Å². The Morgan fingerprint density at radius 3 is 2.65 bits per heavy atom. The Labute approximate surface area is 119 Å². The lowest BCUT2D eigenvalue weighted by atomic mass is 10.1. The molecule has 2 amide bonds. The summed E-state index contributed by atoms with van der Waals surface area (Å²) in [6.07, 6.45) is 1.95. The average Bonchev–Trinajstić information content (AvgIpc) is 2.88. The first-order chi connectivity index (χ1) is 9.65. The third-order valence-corrected chi connectivity index (χ3v) is 4.04. The molecular weight excluding hydrogens is 260 g/mol. The average molecular weight is 284 g/mol. The van der Waals surface area contributed by atoms with Gasteiger partial charge in [-0.25, -0.2) is 4.79 Å². The topological polar surface area (TPSA) is 93.7 Å². The van der Waals surface area contributed by atoms with Gasteiger partial charge in [-0.05, 0) is 19.3 Å². The summed E-state index contributed by atoms with van der Waals surface area (Å²) in [5.74, 6) is -1.06. The van der Waals surface area contributed by atoms with Crippen LogP contribution in [0.3, 0.4) is 0 Å². The molecule has 1 aliphatic carbocycles. The summed E-state index contributed by atoms with van der Waals surface area (Å²) >= 11 is 0. The number of carbonyl (C=O) groups excluding carboxylic acids is 1. The van der Waals surface area contributed by atoms with Crippen molar-refractivity contribution in [2.75, 3.05) is 39.3 Å². The highest BCUT2D eigenvalue weighted by Crippen LogP contribution is 2.25. The van der Waals surface area contributed by atoms with E-state index in [1.54, 1.807) is 0 Å². The van der Waals surface area contributed by atoms with Gasteiger partial charge in [0.15, 0.2) is 0 Å². The quantitative estimate of drug-likeness (QED) is 0.543. The van der Waals surface area contributed by atoms with Gasteiger partial charge in [0, 0.05) is 45.3 Å². The second kappa shape index (κ2) is 7.44. The zero-order chi connectivity index (χ0) is 14.4. The zero-order valence-electron chi connectivity index (χ0n) is 11.7. The van der Waals surface area contributed by atoms with Crippen LogP contribution in [0.15, 0.2) is 0 Å². The molecule has 0 aromatic heterocycles. The molecule has 2 aliphatic rings. The van der Waals surface area contributed by atoms with Crippen LogP contribution in [0.2, 0.25) is 0 Å². The van der Waals surface area contributed by atoms with Crippen LogP contribution in [-0.4, -0.2) is 67.3 Å². The van der Waals surface area contributed by atoms with Gasteiger partial charge in [-0.3, -0.25) is 9.69 Å². The molecule has 1 saturated carbocycles. The van der Waals surface area contributed by atoms with Gasteiger partial charge in [0.1, 0.15) is 0 Å². The maximum atomic E-state index is 11.7. The van der Waals surface area contributed by atoms with Crippen molar-refractivity contribution in [2.24, 2.45) is 5.92 Å². The van der Waals surface area contributed by atoms with Crippen molar-refractivity contribution >= 4 is 12.0 Å². The van der Waals surface area contributed by atoms with E-state index in [0.717, 1.165) is 39.1 Å². The lowest BCUT2D eigenvalue weighted by molar-refractivity contribution is -0.141. The predicted molar refractivity (Wildman–Crippen MR) is 74.6 cm³/mol. The minimum absolute atomic E-state index is 0.00436. The molecule has 4 N–H and O–H groups in total. The van der Waals surface area contributed by atoms with Gasteiger partial charge >= 0.3 is 12.0 Å². The molecular formula is C13H24N4O3. The van der Waals surface area contributed by atoms with Gasteiger partial charge in [-0.2, -0.15) is 0 Å². The molecule has 0 bridgehead atoms. The fourth-order valence-corrected chi connectivity index (χ4v) is 2.84. The van der Waals surface area contributed by atoms with Crippen LogP contribution in [0, 0.1) is 5.92 Å². The third kappa shape index (κ3) is 4.64. The van der Waals surface area contributed by atoms with E-state index in [1.807, 2.05) is 0 Å². The molecule has 0 aromatic rings. The summed E-state index contributed by atoms with van der Waals surface area (Å²) in [4.78, 5) is 24.9. The Morgan fingerprint density at radius 1 is 1.25 bits per heavy atom. The minimum atomic E-state index is -0.756. The van der Waals surface area contributed by atoms with Gasteiger partial charge in [-0.15, -0.1) is 0 Å². The Balaban J connectivity index is 1.57. The molecule has 7 heteroatoms. The van der Waals surface area contributed by atoms with Gasteiger partial charge in [0.05, 0.1) is 5.92 Å². The summed E-state index contributed by atoms with van der Waals surface area (Å²) < 4.78 is 0. The third-order valence-electron chi connectivity index (χ3n) is 4.04.